The summed E-state index contributed by atoms with van der Waals surface area (Å²) in [6.45, 7) is 16.3. The molecular formula is C106H114Cl2O24S2. The van der Waals surface area contributed by atoms with Crippen LogP contribution in [0.3, 0.4) is 0 Å². The summed E-state index contributed by atoms with van der Waals surface area (Å²) in [4.78, 5) is 73.7. The van der Waals surface area contributed by atoms with Gasteiger partial charge in [0.1, 0.15) is 69.0 Å². The number of carbonyl (C=O) groups excluding carboxylic acids is 6. The number of rotatable bonds is 35. The Bertz CT molecular complexity index is 5900. The van der Waals surface area contributed by atoms with Crippen molar-refractivity contribution < 1.29 is 113 Å². The van der Waals surface area contributed by atoms with Crippen LogP contribution in [0.25, 0.3) is 0 Å². The lowest BCUT2D eigenvalue weighted by Gasteiger charge is -2.21. The number of methoxy groups -OCH3 is 2. The minimum absolute atomic E-state index is 0.0329. The molecule has 12 rings (SSSR count). The molecule has 708 valence electrons. The van der Waals surface area contributed by atoms with Crippen molar-refractivity contribution in [3.05, 3.63) is 355 Å². The fraction of sp³-hybridized carbons (Fsp3) is 0.264. The highest BCUT2D eigenvalue weighted by atomic mass is 35.5. The van der Waals surface area contributed by atoms with Crippen molar-refractivity contribution in [3.8, 4) is 69.0 Å². The average Bonchev–Trinajstić information content (AvgIpc) is 0.796. The van der Waals surface area contributed by atoms with Gasteiger partial charge in [-0.1, -0.05) is 287 Å². The molecule has 0 bridgehead atoms. The first-order valence-electron chi connectivity index (χ1n) is 43.3. The molecule has 0 spiro atoms. The van der Waals surface area contributed by atoms with Crippen molar-refractivity contribution in [1.82, 2.24) is 0 Å². The van der Waals surface area contributed by atoms with E-state index in [2.05, 4.69) is 20.8 Å². The van der Waals surface area contributed by atoms with Crippen LogP contribution in [0.5, 0.6) is 69.0 Å². The number of halogens is 2. The Kier molecular flexibility index (Phi) is 49.1. The third kappa shape index (κ3) is 38.5. The van der Waals surface area contributed by atoms with E-state index in [-0.39, 0.29) is 96.8 Å². The maximum Gasteiger partial charge on any atom is 0.425 e. The van der Waals surface area contributed by atoms with Gasteiger partial charge in [0.25, 0.3) is 0 Å². The predicted molar refractivity (Wildman–Crippen MR) is 518 cm³/mol. The number of unbranched alkanes of at least 4 members (excludes halogenated alkanes) is 10. The van der Waals surface area contributed by atoms with E-state index in [4.69, 9.17) is 72.1 Å². The molecule has 0 saturated carbocycles. The van der Waals surface area contributed by atoms with Crippen molar-refractivity contribution >= 4 is 79.1 Å². The molecule has 0 aliphatic rings. The third-order valence-corrected chi connectivity index (χ3v) is 20.6. The lowest BCUT2D eigenvalue weighted by molar-refractivity contribution is 0.102. The third-order valence-electron chi connectivity index (χ3n) is 20.2. The molecule has 0 heterocycles. The zero-order chi connectivity index (χ0) is 98.7. The summed E-state index contributed by atoms with van der Waals surface area (Å²) >= 11 is 11.6. The number of carbonyl (C=O) groups is 6. The van der Waals surface area contributed by atoms with Crippen molar-refractivity contribution in [3.63, 3.8) is 0 Å². The van der Waals surface area contributed by atoms with Crippen molar-refractivity contribution in [2.75, 3.05) is 34.0 Å². The van der Waals surface area contributed by atoms with Gasteiger partial charge in [-0.2, -0.15) is 0 Å². The number of para-hydroxylation sites is 1. The second-order valence-electron chi connectivity index (χ2n) is 31.0. The SMILES string of the molecule is CC(C)(C)c1cccc(C(=O)c2ccccc2)c1O.CCCCC(CC)COc1ccc(C(=O)c2ccccc2)c(O)c1.CCCCCCCCCCCCOc1ccc(C(=O)c2ccccc2)c(O)c1.CCOc1ccc(C(=O)c2ccccc2)c(O)c1.COc1ccc(C(=O)c2ccc(OC)cc2O)c(O)c1.O=C(c1cccc(Cl)c1)c1cc(Cl)ccc1O.O=S(=O)=O.O=S(=O)=O. The Hall–Kier alpha value is -13.9. The fourth-order valence-electron chi connectivity index (χ4n) is 13.0. The molecule has 0 saturated heterocycles. The average molecular weight is 1910 g/mol. The van der Waals surface area contributed by atoms with Crippen molar-refractivity contribution in [2.45, 2.75) is 144 Å². The largest absolute Gasteiger partial charge is 0.507 e. The molecule has 28 heteroatoms. The molecule has 1 unspecified atom stereocenters. The summed E-state index contributed by atoms with van der Waals surface area (Å²) in [6, 6.07) is 75.3. The molecule has 7 N–H and O–H groups in total. The second kappa shape index (κ2) is 59.5. The highest BCUT2D eigenvalue weighted by Crippen LogP contribution is 2.37. The maximum absolute atomic E-state index is 12.4. The number of ketones is 6. The standard InChI is InChI=1S/C25H34O3.C21H26O3.C17H18O2.C15H14O5.C15H14O3.C13H8Cl2O2.2O3S/c1-2-3-4-5-6-7-8-9-10-14-19-28-22-17-18-23(24(26)20-22)25(27)21-15-12-11-13-16-21;1-3-5-9-16(4-2)15-24-18-12-13-19(20(22)14-18)21(23)17-10-7-6-8-11-17;1-17(2,3)14-11-7-10-13(16(14)19)15(18)12-8-5-4-6-9-12;1-19-9-3-5-11(13(16)7-9)15(18)12-6-4-10(20-2)8-14(12)17;1-2-18-12-8-9-13(14(16)10-12)15(17)11-6-4-3-5-7-11;14-9-3-1-2-8(6-9)13(17)11-7-10(15)4-5-12(11)16;2*1-4(2)3/h11-13,15-18,20,26H,2-10,14,19H2,1H3;6-8,10-14,16,22H,3-5,9,15H2,1-2H3;4-11,19H,1-3H3;3-8,16-17H,1-2H3;3-10,16H,2H2,1H3;1-7,16H;;. The number of phenols is 7. The second-order valence-corrected chi connectivity index (χ2v) is 32.7. The first-order chi connectivity index (χ1) is 64.1. The van der Waals surface area contributed by atoms with Gasteiger partial charge >= 0.3 is 21.2 Å². The van der Waals surface area contributed by atoms with Crippen LogP contribution in [-0.2, 0) is 26.6 Å². The Labute approximate surface area is 795 Å². The van der Waals surface area contributed by atoms with E-state index >= 15 is 0 Å². The number of benzene rings is 12. The highest BCUT2D eigenvalue weighted by Gasteiger charge is 2.25. The number of hydrogen-bond acceptors (Lipinski definition) is 24. The smallest absolute Gasteiger partial charge is 0.425 e. The molecule has 134 heavy (non-hydrogen) atoms. The van der Waals surface area contributed by atoms with Crippen LogP contribution in [0.15, 0.2) is 273 Å². The lowest BCUT2D eigenvalue weighted by Crippen LogP contribution is -2.13. The summed E-state index contributed by atoms with van der Waals surface area (Å²) < 4.78 is 77.4. The van der Waals surface area contributed by atoms with Gasteiger partial charge in [0.15, 0.2) is 34.7 Å². The summed E-state index contributed by atoms with van der Waals surface area (Å²) in [5, 5.41) is 70.7. The Morgan fingerprint density at radius 3 is 1.01 bits per heavy atom. The van der Waals surface area contributed by atoms with E-state index in [0.29, 0.717) is 109 Å². The van der Waals surface area contributed by atoms with Gasteiger partial charge in [0.2, 0.25) is 0 Å². The minimum atomic E-state index is -3.11. The van der Waals surface area contributed by atoms with Gasteiger partial charge in [-0.15, -0.1) is 25.3 Å². The van der Waals surface area contributed by atoms with E-state index in [1.54, 1.807) is 140 Å². The van der Waals surface area contributed by atoms with Gasteiger partial charge < -0.3 is 59.4 Å². The molecule has 0 aliphatic carbocycles. The number of aromatic hydroxyl groups is 7. The van der Waals surface area contributed by atoms with Crippen LogP contribution in [0.1, 0.15) is 239 Å². The molecule has 0 aliphatic heterocycles. The topological polar surface area (TPSA) is 393 Å². The van der Waals surface area contributed by atoms with Crippen LogP contribution >= 0.6 is 23.2 Å². The lowest BCUT2D eigenvalue weighted by atomic mass is 9.84. The first kappa shape index (κ1) is 111. The van der Waals surface area contributed by atoms with E-state index in [1.165, 1.54) is 146 Å². The molecule has 0 aromatic heterocycles. The van der Waals surface area contributed by atoms with Crippen molar-refractivity contribution in [2.24, 2.45) is 5.92 Å². The van der Waals surface area contributed by atoms with Crippen molar-refractivity contribution in [1.29, 1.82) is 0 Å². The number of ether oxygens (including phenoxy) is 5. The van der Waals surface area contributed by atoms with Gasteiger partial charge in [-0.05, 0) is 134 Å². The predicted octanol–water partition coefficient (Wildman–Crippen LogP) is 23.4. The molecule has 0 amide bonds. The van der Waals surface area contributed by atoms with Gasteiger partial charge in [-0.25, -0.2) is 0 Å². The zero-order valence-corrected chi connectivity index (χ0v) is 79.4. The summed E-state index contributed by atoms with van der Waals surface area (Å²) in [5.41, 5.74) is 4.86. The molecule has 24 nitrogen and oxygen atoms in total. The monoisotopic (exact) mass is 1900 g/mol. The Morgan fingerprint density at radius 1 is 0.313 bits per heavy atom. The van der Waals surface area contributed by atoms with Crippen LogP contribution in [0, 0.1) is 5.92 Å². The molecule has 12 aromatic rings. The quantitative estimate of drug-likeness (QED) is 0.0143. The number of phenolic OH excluding ortho intramolecular Hbond substituents is 7. The maximum atomic E-state index is 12.4. The van der Waals surface area contributed by atoms with E-state index < -0.39 is 27.0 Å². The summed E-state index contributed by atoms with van der Waals surface area (Å²) in [5.74, 6) is 1.12. The minimum Gasteiger partial charge on any atom is -0.507 e. The number of hydrogen-bond donors (Lipinski definition) is 7. The molecule has 12 aromatic carbocycles. The molecule has 1 atom stereocenters. The Morgan fingerprint density at radius 2 is 0.642 bits per heavy atom. The van der Waals surface area contributed by atoms with E-state index in [1.807, 2.05) is 100 Å². The molecule has 0 radical (unpaired) electrons. The van der Waals surface area contributed by atoms with Crippen LogP contribution in [0.2, 0.25) is 10.0 Å². The Balaban J connectivity index is 0.000000281. The van der Waals surface area contributed by atoms with Crippen LogP contribution in [-0.4, -0.2) is 130 Å². The zero-order valence-electron chi connectivity index (χ0n) is 76.2. The molecule has 0 fully saturated rings. The normalized spacial score (nSPS) is 10.5. The van der Waals surface area contributed by atoms with E-state index in [0.717, 1.165) is 24.8 Å². The highest BCUT2D eigenvalue weighted by molar-refractivity contribution is 7.59. The fourth-order valence-corrected chi connectivity index (χ4v) is 13.4. The molecular weight excluding hydrogens is 1790 g/mol. The van der Waals surface area contributed by atoms with E-state index in [9.17, 15) is 64.5 Å². The summed E-state index contributed by atoms with van der Waals surface area (Å²) in [7, 11) is -3.29. The van der Waals surface area contributed by atoms with Crippen LogP contribution in [0.4, 0.5) is 0 Å². The van der Waals surface area contributed by atoms with Gasteiger partial charge in [0, 0.05) is 68.2 Å². The van der Waals surface area contributed by atoms with Gasteiger partial charge in [0.05, 0.1) is 73.0 Å². The van der Waals surface area contributed by atoms with Crippen LogP contribution < -0.4 is 23.7 Å². The summed E-state index contributed by atoms with van der Waals surface area (Å²) in [6.07, 6.45) is 17.5. The first-order valence-corrected chi connectivity index (χ1v) is 46.1. The van der Waals surface area contributed by atoms with Gasteiger partial charge in [-0.3, -0.25) is 28.8 Å².